The fourth-order valence-electron chi connectivity index (χ4n) is 1.88. The molecule has 2 heterocycles. The molecule has 0 bridgehead atoms. The van der Waals surface area contributed by atoms with Gasteiger partial charge in [0.05, 0.1) is 0 Å². The third-order valence-corrected chi connectivity index (χ3v) is 3.21. The highest BCUT2D eigenvalue weighted by Crippen LogP contribution is 2.20. The lowest BCUT2D eigenvalue weighted by Gasteiger charge is -2.21. The van der Waals surface area contributed by atoms with Gasteiger partial charge in [-0.25, -0.2) is 9.97 Å². The Hall–Kier alpha value is -1.95. The lowest BCUT2D eigenvalue weighted by Crippen LogP contribution is -2.26. The van der Waals surface area contributed by atoms with Crippen LogP contribution >= 0.6 is 0 Å². The summed E-state index contributed by atoms with van der Waals surface area (Å²) in [7, 11) is 0. The lowest BCUT2D eigenvalue weighted by atomic mass is 9.89. The summed E-state index contributed by atoms with van der Waals surface area (Å²) < 4.78 is 1.71. The first-order valence-electron chi connectivity index (χ1n) is 6.71. The van der Waals surface area contributed by atoms with Crippen LogP contribution in [0.2, 0.25) is 0 Å². The van der Waals surface area contributed by atoms with Gasteiger partial charge in [0.15, 0.2) is 0 Å². The fourth-order valence-corrected chi connectivity index (χ4v) is 1.88. The lowest BCUT2D eigenvalue weighted by molar-refractivity contribution is 0.0944. The minimum Gasteiger partial charge on any atom is -0.396 e. The summed E-state index contributed by atoms with van der Waals surface area (Å²) in [5, 5.41) is 12.0. The van der Waals surface area contributed by atoms with Gasteiger partial charge in [0, 0.05) is 31.7 Å². The second-order valence-corrected chi connectivity index (χ2v) is 5.63. The summed E-state index contributed by atoms with van der Waals surface area (Å²) in [6.45, 7) is 4.73. The maximum atomic E-state index is 11.9. The summed E-state index contributed by atoms with van der Waals surface area (Å²) in [6.07, 6.45) is 6.79. The molecular weight excluding hydrogens is 256 g/mol. The second-order valence-electron chi connectivity index (χ2n) is 5.63. The Bertz CT molecular complexity index is 559. The smallest absolute Gasteiger partial charge is 0.271 e. The normalized spacial score (nSPS) is 11.8. The molecule has 0 saturated carbocycles. The second kappa shape index (κ2) is 6.00. The first-order valence-corrected chi connectivity index (χ1v) is 6.71. The van der Waals surface area contributed by atoms with Crippen molar-refractivity contribution in [1.29, 1.82) is 0 Å². The molecule has 108 valence electrons. The molecule has 2 N–H and O–H groups in total. The van der Waals surface area contributed by atoms with Gasteiger partial charge in [0.1, 0.15) is 5.69 Å². The SMILES string of the molecule is CC(C)(CO)CCCNC(=O)c1cn2cccnc2n1. The van der Waals surface area contributed by atoms with Crippen LogP contribution in [0, 0.1) is 5.41 Å². The van der Waals surface area contributed by atoms with E-state index in [0.717, 1.165) is 12.8 Å². The summed E-state index contributed by atoms with van der Waals surface area (Å²) in [6, 6.07) is 1.79. The Labute approximate surface area is 117 Å². The van der Waals surface area contributed by atoms with Gasteiger partial charge in [-0.05, 0) is 24.3 Å². The van der Waals surface area contributed by atoms with E-state index in [1.165, 1.54) is 0 Å². The number of amides is 1. The van der Waals surface area contributed by atoms with Crippen molar-refractivity contribution < 1.29 is 9.90 Å². The molecule has 0 aliphatic rings. The number of hydrogen-bond acceptors (Lipinski definition) is 4. The fraction of sp³-hybridized carbons (Fsp3) is 0.500. The van der Waals surface area contributed by atoms with Crippen LogP contribution in [-0.2, 0) is 0 Å². The van der Waals surface area contributed by atoms with Crippen molar-refractivity contribution in [1.82, 2.24) is 19.7 Å². The number of nitrogens with zero attached hydrogens (tertiary/aromatic N) is 3. The molecule has 1 amide bonds. The predicted octanol–water partition coefficient (Wildman–Crippen LogP) is 1.26. The average Bonchev–Trinajstić information content (AvgIpc) is 2.87. The van der Waals surface area contributed by atoms with Crippen molar-refractivity contribution in [3.63, 3.8) is 0 Å². The molecule has 0 unspecified atom stereocenters. The molecule has 0 aromatic carbocycles. The number of nitrogens with one attached hydrogen (secondary N) is 1. The van der Waals surface area contributed by atoms with Gasteiger partial charge in [-0.2, -0.15) is 0 Å². The Kier molecular flexibility index (Phi) is 4.34. The highest BCUT2D eigenvalue weighted by molar-refractivity contribution is 5.92. The molecule has 2 aromatic rings. The van der Waals surface area contributed by atoms with Crippen molar-refractivity contribution >= 4 is 11.7 Å². The first-order chi connectivity index (χ1) is 9.52. The molecule has 6 heteroatoms. The third-order valence-electron chi connectivity index (χ3n) is 3.21. The quantitative estimate of drug-likeness (QED) is 0.778. The molecule has 2 rings (SSSR count). The molecule has 0 fully saturated rings. The van der Waals surface area contributed by atoms with E-state index >= 15 is 0 Å². The van der Waals surface area contributed by atoms with E-state index in [4.69, 9.17) is 5.11 Å². The number of hydrogen-bond donors (Lipinski definition) is 2. The van der Waals surface area contributed by atoms with Crippen LogP contribution in [0.1, 0.15) is 37.2 Å². The maximum absolute atomic E-state index is 11.9. The van der Waals surface area contributed by atoms with Gasteiger partial charge in [0.25, 0.3) is 5.91 Å². The van der Waals surface area contributed by atoms with Crippen LogP contribution in [0.25, 0.3) is 5.78 Å². The Balaban J connectivity index is 1.86. The van der Waals surface area contributed by atoms with Crippen LogP contribution in [0.5, 0.6) is 0 Å². The van der Waals surface area contributed by atoms with Gasteiger partial charge in [-0.1, -0.05) is 13.8 Å². The topological polar surface area (TPSA) is 79.5 Å². The Morgan fingerprint density at radius 3 is 3.00 bits per heavy atom. The van der Waals surface area contributed by atoms with Gasteiger partial charge < -0.3 is 10.4 Å². The molecule has 0 aliphatic heterocycles. The number of fused-ring (bicyclic) bond motifs is 1. The maximum Gasteiger partial charge on any atom is 0.271 e. The van der Waals surface area contributed by atoms with Crippen molar-refractivity contribution in [2.24, 2.45) is 5.41 Å². The molecule has 0 aliphatic carbocycles. The number of imidazole rings is 1. The van der Waals surface area contributed by atoms with Gasteiger partial charge in [-0.15, -0.1) is 0 Å². The average molecular weight is 276 g/mol. The molecule has 0 radical (unpaired) electrons. The van der Waals surface area contributed by atoms with Crippen LogP contribution in [0.4, 0.5) is 0 Å². The van der Waals surface area contributed by atoms with Gasteiger partial charge >= 0.3 is 0 Å². The number of aromatic nitrogens is 3. The highest BCUT2D eigenvalue weighted by atomic mass is 16.3. The van der Waals surface area contributed by atoms with Crippen LogP contribution in [0.3, 0.4) is 0 Å². The van der Waals surface area contributed by atoms with Crippen LogP contribution in [-0.4, -0.2) is 38.5 Å². The van der Waals surface area contributed by atoms with Crippen LogP contribution < -0.4 is 5.32 Å². The highest BCUT2D eigenvalue weighted by Gasteiger charge is 2.16. The summed E-state index contributed by atoms with van der Waals surface area (Å²) >= 11 is 0. The number of aliphatic hydroxyl groups is 1. The predicted molar refractivity (Wildman–Crippen MR) is 75.4 cm³/mol. The van der Waals surface area contributed by atoms with Crippen LogP contribution in [0.15, 0.2) is 24.7 Å². The number of carbonyl (C=O) groups excluding carboxylic acids is 1. The minimum absolute atomic E-state index is 0.0995. The monoisotopic (exact) mass is 276 g/mol. The van der Waals surface area contributed by atoms with Crippen molar-refractivity contribution in [2.45, 2.75) is 26.7 Å². The Morgan fingerprint density at radius 1 is 1.50 bits per heavy atom. The van der Waals surface area contributed by atoms with E-state index in [0.29, 0.717) is 18.0 Å². The molecule has 0 atom stereocenters. The summed E-state index contributed by atoms with van der Waals surface area (Å²) in [5.74, 6) is 0.316. The van der Waals surface area contributed by atoms with E-state index < -0.39 is 0 Å². The largest absolute Gasteiger partial charge is 0.396 e. The zero-order valence-corrected chi connectivity index (χ0v) is 11.8. The zero-order chi connectivity index (χ0) is 14.6. The summed E-state index contributed by atoms with van der Waals surface area (Å²) in [5.41, 5.74) is 0.266. The molecule has 0 saturated heterocycles. The van der Waals surface area contributed by atoms with E-state index in [1.54, 1.807) is 29.1 Å². The van der Waals surface area contributed by atoms with Gasteiger partial charge in [-0.3, -0.25) is 9.20 Å². The van der Waals surface area contributed by atoms with E-state index in [1.807, 2.05) is 13.8 Å². The van der Waals surface area contributed by atoms with Crippen molar-refractivity contribution in [2.75, 3.05) is 13.2 Å². The van der Waals surface area contributed by atoms with E-state index in [9.17, 15) is 4.79 Å². The third kappa shape index (κ3) is 3.54. The van der Waals surface area contributed by atoms with E-state index in [2.05, 4.69) is 15.3 Å². The number of rotatable bonds is 6. The number of aliphatic hydroxyl groups excluding tert-OH is 1. The summed E-state index contributed by atoms with van der Waals surface area (Å²) in [4.78, 5) is 20.2. The van der Waals surface area contributed by atoms with E-state index in [-0.39, 0.29) is 17.9 Å². The zero-order valence-electron chi connectivity index (χ0n) is 11.8. The molecule has 0 spiro atoms. The molecule has 2 aromatic heterocycles. The number of carbonyl (C=O) groups is 1. The van der Waals surface area contributed by atoms with Gasteiger partial charge in [0.2, 0.25) is 5.78 Å². The van der Waals surface area contributed by atoms with Crippen molar-refractivity contribution in [3.8, 4) is 0 Å². The minimum atomic E-state index is -0.197. The standard InChI is InChI=1S/C14H20N4O2/c1-14(2,10-19)5-3-6-15-12(20)11-9-18-8-4-7-16-13(18)17-11/h4,7-9,19H,3,5-6,10H2,1-2H3,(H,15,20). The van der Waals surface area contributed by atoms with Crippen molar-refractivity contribution in [3.05, 3.63) is 30.4 Å². The molecule has 6 nitrogen and oxygen atoms in total. The molecular formula is C14H20N4O2. The first kappa shape index (κ1) is 14.5. The molecule has 20 heavy (non-hydrogen) atoms. The Morgan fingerprint density at radius 2 is 2.30 bits per heavy atom.